The Morgan fingerprint density at radius 1 is 1.33 bits per heavy atom. The molecular weight excluding hydrogens is 230 g/mol. The fraction of sp³-hybridized carbons (Fsp3) is 0.167. The van der Waals surface area contributed by atoms with Gasteiger partial charge in [0.2, 0.25) is 0 Å². The van der Waals surface area contributed by atoms with Gasteiger partial charge in [-0.15, -0.1) is 0 Å². The standard InChI is InChI=1S/C12H11N5O/c13-17-15-8-7-14-12(18)11-6-5-9-3-1-2-4-10(9)16-11/h1-6H,7-8H2,(H,14,18). The van der Waals surface area contributed by atoms with E-state index in [0.29, 0.717) is 12.2 Å². The summed E-state index contributed by atoms with van der Waals surface area (Å²) in [6.45, 7) is 0.535. The van der Waals surface area contributed by atoms with Gasteiger partial charge in [0.15, 0.2) is 0 Å². The molecule has 6 nitrogen and oxygen atoms in total. The zero-order valence-electron chi connectivity index (χ0n) is 9.58. The van der Waals surface area contributed by atoms with Crippen molar-refractivity contribution in [2.45, 2.75) is 0 Å². The van der Waals surface area contributed by atoms with E-state index in [1.54, 1.807) is 6.07 Å². The highest BCUT2D eigenvalue weighted by molar-refractivity contribution is 5.94. The predicted octanol–water partition coefficient (Wildman–Crippen LogP) is 2.27. The van der Waals surface area contributed by atoms with Crippen LogP contribution in [-0.2, 0) is 0 Å². The van der Waals surface area contributed by atoms with Crippen molar-refractivity contribution < 1.29 is 4.79 Å². The van der Waals surface area contributed by atoms with E-state index < -0.39 is 0 Å². The third-order valence-electron chi connectivity index (χ3n) is 2.39. The number of fused-ring (bicyclic) bond motifs is 1. The summed E-state index contributed by atoms with van der Waals surface area (Å²) >= 11 is 0. The van der Waals surface area contributed by atoms with Crippen LogP contribution in [0.15, 0.2) is 41.5 Å². The predicted molar refractivity (Wildman–Crippen MR) is 68.1 cm³/mol. The number of benzene rings is 1. The van der Waals surface area contributed by atoms with Gasteiger partial charge >= 0.3 is 0 Å². The number of nitrogens with zero attached hydrogens (tertiary/aromatic N) is 4. The molecule has 2 aromatic rings. The maximum absolute atomic E-state index is 11.7. The molecule has 0 radical (unpaired) electrons. The number of nitrogens with one attached hydrogen (secondary N) is 1. The average Bonchev–Trinajstić information content (AvgIpc) is 2.43. The molecule has 0 fully saturated rings. The van der Waals surface area contributed by atoms with Crippen LogP contribution < -0.4 is 5.32 Å². The second-order valence-corrected chi connectivity index (χ2v) is 3.60. The van der Waals surface area contributed by atoms with E-state index in [1.165, 1.54) is 0 Å². The number of hydrogen-bond donors (Lipinski definition) is 1. The first-order valence-electron chi connectivity index (χ1n) is 5.46. The smallest absolute Gasteiger partial charge is 0.269 e. The second kappa shape index (κ2) is 5.65. The van der Waals surface area contributed by atoms with E-state index in [2.05, 4.69) is 20.3 Å². The second-order valence-electron chi connectivity index (χ2n) is 3.60. The molecule has 0 atom stereocenters. The van der Waals surface area contributed by atoms with Crippen LogP contribution in [0.3, 0.4) is 0 Å². The van der Waals surface area contributed by atoms with Gasteiger partial charge in [-0.25, -0.2) is 4.98 Å². The van der Waals surface area contributed by atoms with Crippen LogP contribution in [0.25, 0.3) is 21.3 Å². The monoisotopic (exact) mass is 241 g/mol. The Hall–Kier alpha value is -2.59. The molecule has 0 aliphatic heterocycles. The first kappa shape index (κ1) is 11.9. The van der Waals surface area contributed by atoms with E-state index >= 15 is 0 Å². The van der Waals surface area contributed by atoms with Crippen molar-refractivity contribution in [1.82, 2.24) is 10.3 Å². The Morgan fingerprint density at radius 3 is 3.00 bits per heavy atom. The van der Waals surface area contributed by atoms with Crippen molar-refractivity contribution in [3.8, 4) is 0 Å². The number of azide groups is 1. The van der Waals surface area contributed by atoms with E-state index in [1.807, 2.05) is 30.3 Å². The minimum absolute atomic E-state index is 0.232. The topological polar surface area (TPSA) is 90.8 Å². The summed E-state index contributed by atoms with van der Waals surface area (Å²) in [7, 11) is 0. The third kappa shape index (κ3) is 2.75. The molecule has 0 aliphatic carbocycles. The van der Waals surface area contributed by atoms with Gasteiger partial charge in [-0.05, 0) is 17.7 Å². The lowest BCUT2D eigenvalue weighted by Gasteiger charge is -2.03. The first-order valence-corrected chi connectivity index (χ1v) is 5.46. The van der Waals surface area contributed by atoms with Gasteiger partial charge in [0.25, 0.3) is 5.91 Å². The van der Waals surface area contributed by atoms with Gasteiger partial charge < -0.3 is 5.32 Å². The van der Waals surface area contributed by atoms with Gasteiger partial charge in [-0.1, -0.05) is 29.4 Å². The fourth-order valence-electron chi connectivity index (χ4n) is 1.55. The van der Waals surface area contributed by atoms with Crippen molar-refractivity contribution in [2.75, 3.05) is 13.1 Å². The zero-order chi connectivity index (χ0) is 12.8. The Morgan fingerprint density at radius 2 is 2.17 bits per heavy atom. The summed E-state index contributed by atoms with van der Waals surface area (Å²) in [4.78, 5) is 18.6. The van der Waals surface area contributed by atoms with Crippen molar-refractivity contribution in [3.05, 3.63) is 52.5 Å². The molecule has 0 aliphatic rings. The summed E-state index contributed by atoms with van der Waals surface area (Å²) in [6.07, 6.45) is 0. The average molecular weight is 241 g/mol. The Labute approximate surface area is 103 Å². The van der Waals surface area contributed by atoms with Gasteiger partial charge in [0.05, 0.1) is 5.52 Å². The number of pyridine rings is 1. The van der Waals surface area contributed by atoms with E-state index in [4.69, 9.17) is 5.53 Å². The minimum Gasteiger partial charge on any atom is -0.351 e. The van der Waals surface area contributed by atoms with Crippen LogP contribution >= 0.6 is 0 Å². The van der Waals surface area contributed by atoms with Gasteiger partial charge in [-0.2, -0.15) is 0 Å². The maximum atomic E-state index is 11.7. The molecule has 0 unspecified atom stereocenters. The van der Waals surface area contributed by atoms with Crippen molar-refractivity contribution in [2.24, 2.45) is 5.11 Å². The number of aromatic nitrogens is 1. The first-order chi connectivity index (χ1) is 8.81. The molecule has 1 aromatic carbocycles. The zero-order valence-corrected chi connectivity index (χ0v) is 9.58. The lowest BCUT2D eigenvalue weighted by atomic mass is 10.2. The summed E-state index contributed by atoms with van der Waals surface area (Å²) in [6, 6.07) is 11.1. The summed E-state index contributed by atoms with van der Waals surface area (Å²) in [5.41, 5.74) is 9.23. The lowest BCUT2D eigenvalue weighted by molar-refractivity contribution is 0.0950. The largest absolute Gasteiger partial charge is 0.351 e. The molecule has 6 heteroatoms. The van der Waals surface area contributed by atoms with Crippen LogP contribution in [-0.4, -0.2) is 24.0 Å². The minimum atomic E-state index is -0.270. The molecule has 1 amide bonds. The number of carbonyl (C=O) groups is 1. The number of para-hydroxylation sites is 1. The van der Waals surface area contributed by atoms with Crippen LogP contribution in [0.5, 0.6) is 0 Å². The Bertz CT molecular complexity index is 619. The molecule has 0 saturated heterocycles. The Kier molecular flexibility index (Phi) is 3.73. The molecule has 1 N–H and O–H groups in total. The summed E-state index contributed by atoms with van der Waals surface area (Å²) in [5.74, 6) is -0.270. The molecule has 90 valence electrons. The summed E-state index contributed by atoms with van der Waals surface area (Å²) < 4.78 is 0. The van der Waals surface area contributed by atoms with E-state index in [0.717, 1.165) is 10.9 Å². The quantitative estimate of drug-likeness (QED) is 0.385. The molecule has 1 heterocycles. The molecule has 0 bridgehead atoms. The molecule has 0 saturated carbocycles. The van der Waals surface area contributed by atoms with E-state index in [-0.39, 0.29) is 12.5 Å². The highest BCUT2D eigenvalue weighted by Gasteiger charge is 2.06. The van der Waals surface area contributed by atoms with E-state index in [9.17, 15) is 4.79 Å². The molecule has 2 rings (SSSR count). The van der Waals surface area contributed by atoms with Crippen molar-refractivity contribution >= 4 is 16.8 Å². The normalized spacial score (nSPS) is 9.78. The molecular formula is C12H11N5O. The van der Waals surface area contributed by atoms with Crippen molar-refractivity contribution in [3.63, 3.8) is 0 Å². The van der Waals surface area contributed by atoms with Gasteiger partial charge in [0, 0.05) is 23.4 Å². The van der Waals surface area contributed by atoms with Crippen LogP contribution in [0.4, 0.5) is 0 Å². The maximum Gasteiger partial charge on any atom is 0.269 e. The van der Waals surface area contributed by atoms with Gasteiger partial charge in [0.1, 0.15) is 5.69 Å². The number of hydrogen-bond acceptors (Lipinski definition) is 3. The third-order valence-corrected chi connectivity index (χ3v) is 2.39. The number of amides is 1. The highest BCUT2D eigenvalue weighted by Crippen LogP contribution is 2.11. The molecule has 0 spiro atoms. The van der Waals surface area contributed by atoms with Crippen molar-refractivity contribution in [1.29, 1.82) is 0 Å². The van der Waals surface area contributed by atoms with Crippen LogP contribution in [0.2, 0.25) is 0 Å². The fourth-order valence-corrected chi connectivity index (χ4v) is 1.55. The highest BCUT2D eigenvalue weighted by atomic mass is 16.1. The molecule has 1 aromatic heterocycles. The Balaban J connectivity index is 2.10. The molecule has 18 heavy (non-hydrogen) atoms. The van der Waals surface area contributed by atoms with Crippen LogP contribution in [0, 0.1) is 0 Å². The number of rotatable bonds is 4. The lowest BCUT2D eigenvalue weighted by Crippen LogP contribution is -2.26. The summed E-state index contributed by atoms with van der Waals surface area (Å²) in [5, 5.41) is 6.95. The van der Waals surface area contributed by atoms with Gasteiger partial charge in [-0.3, -0.25) is 4.79 Å². The van der Waals surface area contributed by atoms with Crippen LogP contribution in [0.1, 0.15) is 10.5 Å². The SMILES string of the molecule is [N-]=[N+]=NCCNC(=O)c1ccc2ccccc2n1. The number of carbonyl (C=O) groups excluding carboxylic acids is 1.